The molecule has 102 valence electrons. The Morgan fingerprint density at radius 3 is 2.42 bits per heavy atom. The molecule has 19 heavy (non-hydrogen) atoms. The normalized spacial score (nSPS) is 43.7. The van der Waals surface area contributed by atoms with Crippen LogP contribution in [0.25, 0.3) is 0 Å². The molecule has 4 fully saturated rings. The second-order valence-electron chi connectivity index (χ2n) is 7.46. The predicted molar refractivity (Wildman–Crippen MR) is 79.0 cm³/mol. The van der Waals surface area contributed by atoms with E-state index in [1.807, 2.05) is 0 Å². The molecule has 5 rings (SSSR count). The third-order valence-corrected chi connectivity index (χ3v) is 6.46. The molecule has 0 aliphatic heterocycles. The molecule has 1 aromatic rings. The van der Waals surface area contributed by atoms with Gasteiger partial charge in [0.1, 0.15) is 0 Å². The van der Waals surface area contributed by atoms with Crippen LogP contribution in [0.2, 0.25) is 0 Å². The highest BCUT2D eigenvalue weighted by Crippen LogP contribution is 2.62. The Morgan fingerprint density at radius 2 is 1.79 bits per heavy atom. The highest BCUT2D eigenvalue weighted by atomic mass is 14.7. The summed E-state index contributed by atoms with van der Waals surface area (Å²) in [6.45, 7) is 3.22. The minimum absolute atomic E-state index is 0.507. The molecule has 0 radical (unpaired) electrons. The van der Waals surface area contributed by atoms with E-state index >= 15 is 0 Å². The maximum Gasteiger partial charge on any atom is -0.00362 e. The molecule has 2 N–H and O–H groups in total. The lowest BCUT2D eigenvalue weighted by Gasteiger charge is -2.60. The van der Waals surface area contributed by atoms with E-state index < -0.39 is 0 Å². The van der Waals surface area contributed by atoms with Crippen LogP contribution in [0, 0.1) is 30.6 Å². The summed E-state index contributed by atoms with van der Waals surface area (Å²) in [6.07, 6.45) is 7.19. The van der Waals surface area contributed by atoms with Crippen LogP contribution in [0.1, 0.15) is 43.2 Å². The van der Waals surface area contributed by atoms with Crippen molar-refractivity contribution < 1.29 is 0 Å². The van der Waals surface area contributed by atoms with Gasteiger partial charge in [-0.15, -0.1) is 0 Å². The minimum atomic E-state index is 0.507. The van der Waals surface area contributed by atoms with Gasteiger partial charge in [-0.1, -0.05) is 24.3 Å². The number of aryl methyl sites for hydroxylation is 1. The van der Waals surface area contributed by atoms with Gasteiger partial charge in [0, 0.05) is 0 Å². The smallest absolute Gasteiger partial charge is 0.00362 e. The van der Waals surface area contributed by atoms with E-state index in [0.717, 1.165) is 30.2 Å². The molecule has 1 heteroatoms. The molecule has 4 saturated carbocycles. The third-order valence-electron chi connectivity index (χ3n) is 6.46. The van der Waals surface area contributed by atoms with Gasteiger partial charge in [0.05, 0.1) is 0 Å². The molecule has 2 unspecified atom stereocenters. The molecule has 1 aromatic carbocycles. The van der Waals surface area contributed by atoms with E-state index in [1.54, 1.807) is 5.56 Å². The Kier molecular flexibility index (Phi) is 2.57. The first-order valence-electron chi connectivity index (χ1n) is 7.98. The first-order chi connectivity index (χ1) is 9.22. The standard InChI is InChI=1S/C18H25N/c1-12-4-2-3-5-17(12)18-8-13-6-14(9-18)16(11-19)15(7-13)10-18/h2-5,13-16H,6-11,19H2,1H3. The van der Waals surface area contributed by atoms with Crippen molar-refractivity contribution >= 4 is 0 Å². The number of rotatable bonds is 2. The highest BCUT2D eigenvalue weighted by molar-refractivity contribution is 5.36. The molecule has 0 saturated heterocycles. The van der Waals surface area contributed by atoms with E-state index in [4.69, 9.17) is 5.73 Å². The zero-order valence-electron chi connectivity index (χ0n) is 11.9. The molecule has 4 bridgehead atoms. The summed E-state index contributed by atoms with van der Waals surface area (Å²) < 4.78 is 0. The Bertz CT molecular complexity index is 476. The van der Waals surface area contributed by atoms with E-state index in [1.165, 1.54) is 37.7 Å². The van der Waals surface area contributed by atoms with Gasteiger partial charge in [0.25, 0.3) is 0 Å². The number of nitrogens with two attached hydrogens (primary N) is 1. The maximum atomic E-state index is 6.07. The second kappa shape index (κ2) is 4.09. The summed E-state index contributed by atoms with van der Waals surface area (Å²) in [5, 5.41) is 0. The van der Waals surface area contributed by atoms with Crippen molar-refractivity contribution in [2.45, 2.75) is 44.4 Å². The summed E-state index contributed by atoms with van der Waals surface area (Å²) >= 11 is 0. The van der Waals surface area contributed by atoms with E-state index in [9.17, 15) is 0 Å². The fourth-order valence-electron chi connectivity index (χ4n) is 6.01. The Labute approximate surface area is 116 Å². The van der Waals surface area contributed by atoms with Crippen molar-refractivity contribution in [2.24, 2.45) is 29.4 Å². The lowest BCUT2D eigenvalue weighted by atomic mass is 9.44. The number of benzene rings is 1. The number of hydrogen-bond acceptors (Lipinski definition) is 1. The molecular formula is C18H25N. The lowest BCUT2D eigenvalue weighted by molar-refractivity contribution is -0.0526. The monoisotopic (exact) mass is 255 g/mol. The van der Waals surface area contributed by atoms with Crippen molar-refractivity contribution in [2.75, 3.05) is 6.54 Å². The van der Waals surface area contributed by atoms with E-state index in [0.29, 0.717) is 5.41 Å². The van der Waals surface area contributed by atoms with Gasteiger partial charge in [-0.25, -0.2) is 0 Å². The van der Waals surface area contributed by atoms with E-state index in [2.05, 4.69) is 31.2 Å². The Balaban J connectivity index is 1.76. The van der Waals surface area contributed by atoms with Crippen molar-refractivity contribution in [3.8, 4) is 0 Å². The van der Waals surface area contributed by atoms with Gasteiger partial charge in [-0.2, -0.15) is 0 Å². The number of hydrogen-bond donors (Lipinski definition) is 1. The highest BCUT2D eigenvalue weighted by Gasteiger charge is 2.55. The summed E-state index contributed by atoms with van der Waals surface area (Å²) in [7, 11) is 0. The minimum Gasteiger partial charge on any atom is -0.330 e. The quantitative estimate of drug-likeness (QED) is 0.857. The molecule has 4 aliphatic rings. The summed E-state index contributed by atoms with van der Waals surface area (Å²) in [6, 6.07) is 9.12. The zero-order chi connectivity index (χ0) is 13.0. The predicted octanol–water partition coefficient (Wildman–Crippen LogP) is 3.65. The van der Waals surface area contributed by atoms with Gasteiger partial charge in [0.2, 0.25) is 0 Å². The molecule has 0 spiro atoms. The largest absolute Gasteiger partial charge is 0.330 e. The third kappa shape index (κ3) is 1.64. The van der Waals surface area contributed by atoms with Crippen LogP contribution in [-0.2, 0) is 5.41 Å². The first-order valence-corrected chi connectivity index (χ1v) is 7.98. The first kappa shape index (κ1) is 12.0. The molecule has 0 amide bonds. The lowest BCUT2D eigenvalue weighted by Crippen LogP contribution is -2.54. The van der Waals surface area contributed by atoms with Gasteiger partial charge in [-0.05, 0) is 85.8 Å². The molecule has 0 aromatic heterocycles. The zero-order valence-corrected chi connectivity index (χ0v) is 11.9. The molecular weight excluding hydrogens is 230 g/mol. The fraction of sp³-hybridized carbons (Fsp3) is 0.667. The van der Waals surface area contributed by atoms with Crippen molar-refractivity contribution in [1.29, 1.82) is 0 Å². The Hall–Kier alpha value is -0.820. The van der Waals surface area contributed by atoms with E-state index in [-0.39, 0.29) is 0 Å². The van der Waals surface area contributed by atoms with Crippen molar-refractivity contribution in [3.63, 3.8) is 0 Å². The van der Waals surface area contributed by atoms with Crippen LogP contribution in [0.15, 0.2) is 24.3 Å². The maximum absolute atomic E-state index is 6.07. The molecule has 0 heterocycles. The van der Waals surface area contributed by atoms with Crippen LogP contribution in [0.3, 0.4) is 0 Å². The molecule has 1 nitrogen and oxygen atoms in total. The van der Waals surface area contributed by atoms with Crippen LogP contribution in [0.4, 0.5) is 0 Å². The summed E-state index contributed by atoms with van der Waals surface area (Å²) in [5.41, 5.74) is 9.74. The van der Waals surface area contributed by atoms with Crippen LogP contribution < -0.4 is 5.73 Å². The second-order valence-corrected chi connectivity index (χ2v) is 7.46. The fourth-order valence-corrected chi connectivity index (χ4v) is 6.01. The van der Waals surface area contributed by atoms with Gasteiger partial charge in [-0.3, -0.25) is 0 Å². The van der Waals surface area contributed by atoms with Crippen LogP contribution >= 0.6 is 0 Å². The van der Waals surface area contributed by atoms with Gasteiger partial charge >= 0.3 is 0 Å². The topological polar surface area (TPSA) is 26.0 Å². The van der Waals surface area contributed by atoms with Crippen molar-refractivity contribution in [3.05, 3.63) is 35.4 Å². The van der Waals surface area contributed by atoms with Gasteiger partial charge < -0.3 is 5.73 Å². The van der Waals surface area contributed by atoms with Crippen LogP contribution in [-0.4, -0.2) is 6.54 Å². The van der Waals surface area contributed by atoms with Crippen molar-refractivity contribution in [1.82, 2.24) is 0 Å². The molecule has 4 aliphatic carbocycles. The Morgan fingerprint density at radius 1 is 1.11 bits per heavy atom. The SMILES string of the molecule is Cc1ccccc1C12CC3CC(C1)C(CN)C(C3)C2. The molecule has 2 atom stereocenters. The average molecular weight is 255 g/mol. The summed E-state index contributed by atoms with van der Waals surface area (Å²) in [4.78, 5) is 0. The average Bonchev–Trinajstić information content (AvgIpc) is 2.38. The van der Waals surface area contributed by atoms with Gasteiger partial charge in [0.15, 0.2) is 0 Å². The van der Waals surface area contributed by atoms with Crippen LogP contribution in [0.5, 0.6) is 0 Å². The summed E-state index contributed by atoms with van der Waals surface area (Å²) in [5.74, 6) is 3.64.